The lowest BCUT2D eigenvalue weighted by atomic mass is 9.90. The Balaban J connectivity index is 1.19. The Hall–Kier alpha value is -3.82. The van der Waals surface area contributed by atoms with Gasteiger partial charge in [-0.15, -0.1) is 22.7 Å². The number of aromatic hydroxyl groups is 1. The van der Waals surface area contributed by atoms with Gasteiger partial charge in [-0.25, -0.2) is 5.43 Å². The van der Waals surface area contributed by atoms with Crippen LogP contribution in [0.2, 0.25) is 0 Å². The van der Waals surface area contributed by atoms with E-state index in [1.165, 1.54) is 35.3 Å². The third kappa shape index (κ3) is 5.84. The summed E-state index contributed by atoms with van der Waals surface area (Å²) < 4.78 is 0. The van der Waals surface area contributed by atoms with Gasteiger partial charge in [0.25, 0.3) is 11.8 Å². The Bertz CT molecular complexity index is 1490. The standard InChI is InChI=1S/C29H28N4O3S2/c1-18(23-17-37-27(26(23)34)22-7-6-20-4-2-3-5-21(20)16-22)32-33-29(36)25-9-8-24(38-25)28(35)31-15-12-19-10-13-30-14-11-19/h6-11,13-14,16-17,34H,2-5,12,15H2,1H3,(H,31,35)(H,33,36)/b32-18+. The predicted octanol–water partition coefficient (Wildman–Crippen LogP) is 5.58. The Morgan fingerprint density at radius 1 is 1.00 bits per heavy atom. The number of hydrogen-bond acceptors (Lipinski definition) is 7. The minimum atomic E-state index is -0.408. The minimum Gasteiger partial charge on any atom is -0.506 e. The monoisotopic (exact) mass is 544 g/mol. The Morgan fingerprint density at radius 2 is 1.74 bits per heavy atom. The molecule has 1 aliphatic carbocycles. The molecule has 0 aliphatic heterocycles. The van der Waals surface area contributed by atoms with E-state index in [2.05, 4.69) is 39.0 Å². The lowest BCUT2D eigenvalue weighted by molar-refractivity contribution is 0.0951. The van der Waals surface area contributed by atoms with E-state index >= 15 is 0 Å². The maximum atomic E-state index is 12.7. The average Bonchev–Trinajstić information content (AvgIpc) is 3.59. The Morgan fingerprint density at radius 3 is 2.53 bits per heavy atom. The molecule has 0 spiro atoms. The number of carbonyl (C=O) groups excluding carboxylic acids is 2. The van der Waals surface area contributed by atoms with Crippen LogP contribution in [0.3, 0.4) is 0 Å². The molecule has 38 heavy (non-hydrogen) atoms. The van der Waals surface area contributed by atoms with E-state index in [0.717, 1.165) is 40.2 Å². The van der Waals surface area contributed by atoms with Crippen LogP contribution < -0.4 is 10.7 Å². The lowest BCUT2D eigenvalue weighted by Gasteiger charge is -2.16. The molecule has 0 atom stereocenters. The highest BCUT2D eigenvalue weighted by molar-refractivity contribution is 7.16. The maximum absolute atomic E-state index is 12.7. The summed E-state index contributed by atoms with van der Waals surface area (Å²) in [5, 5.41) is 19.9. The van der Waals surface area contributed by atoms with Crippen molar-refractivity contribution >= 4 is 40.2 Å². The predicted molar refractivity (Wildman–Crippen MR) is 152 cm³/mol. The van der Waals surface area contributed by atoms with Crippen molar-refractivity contribution in [3.8, 4) is 16.2 Å². The molecule has 3 N–H and O–H groups in total. The third-order valence-electron chi connectivity index (χ3n) is 6.59. The fraction of sp³-hybridized carbons (Fsp3) is 0.241. The van der Waals surface area contributed by atoms with Crippen molar-refractivity contribution in [2.24, 2.45) is 5.10 Å². The van der Waals surface area contributed by atoms with Crippen LogP contribution in [0, 0.1) is 0 Å². The molecule has 3 heterocycles. The van der Waals surface area contributed by atoms with Crippen LogP contribution >= 0.6 is 22.7 Å². The van der Waals surface area contributed by atoms with Crippen molar-refractivity contribution < 1.29 is 14.7 Å². The fourth-order valence-corrected chi connectivity index (χ4v) is 6.29. The number of rotatable bonds is 8. The van der Waals surface area contributed by atoms with Gasteiger partial charge in [-0.2, -0.15) is 5.10 Å². The van der Waals surface area contributed by atoms with Crippen LogP contribution in [0.4, 0.5) is 0 Å². The average molecular weight is 545 g/mol. The van der Waals surface area contributed by atoms with Gasteiger partial charge in [0.1, 0.15) is 5.75 Å². The number of benzene rings is 1. The molecule has 4 aromatic rings. The van der Waals surface area contributed by atoms with Crippen molar-refractivity contribution in [3.05, 3.63) is 92.2 Å². The molecule has 0 bridgehead atoms. The summed E-state index contributed by atoms with van der Waals surface area (Å²) in [7, 11) is 0. The summed E-state index contributed by atoms with van der Waals surface area (Å²) in [4.78, 5) is 30.7. The smallest absolute Gasteiger partial charge is 0.281 e. The Kier molecular flexibility index (Phi) is 7.95. The third-order valence-corrected chi connectivity index (χ3v) is 8.69. The quantitative estimate of drug-likeness (QED) is 0.199. The number of hydrogen-bond donors (Lipinski definition) is 3. The van der Waals surface area contributed by atoms with E-state index in [0.29, 0.717) is 34.0 Å². The number of fused-ring (bicyclic) bond motifs is 1. The summed E-state index contributed by atoms with van der Waals surface area (Å²) in [5.41, 5.74) is 8.48. The molecule has 5 rings (SSSR count). The highest BCUT2D eigenvalue weighted by atomic mass is 32.1. The fourth-order valence-electron chi connectivity index (χ4n) is 4.48. The summed E-state index contributed by atoms with van der Waals surface area (Å²) in [6, 6.07) is 13.5. The van der Waals surface area contributed by atoms with Gasteiger partial charge >= 0.3 is 0 Å². The van der Waals surface area contributed by atoms with E-state index in [1.54, 1.807) is 31.5 Å². The summed E-state index contributed by atoms with van der Waals surface area (Å²) in [6.45, 7) is 2.23. The van der Waals surface area contributed by atoms with Crippen LogP contribution in [0.1, 0.15) is 61.4 Å². The molecule has 7 nitrogen and oxygen atoms in total. The second kappa shape index (κ2) is 11.7. The first-order valence-electron chi connectivity index (χ1n) is 12.5. The van der Waals surface area contributed by atoms with Gasteiger partial charge < -0.3 is 10.4 Å². The molecule has 0 saturated heterocycles. The van der Waals surface area contributed by atoms with Gasteiger partial charge in [0.2, 0.25) is 0 Å². The van der Waals surface area contributed by atoms with Crippen molar-refractivity contribution in [2.45, 2.75) is 39.0 Å². The van der Waals surface area contributed by atoms with Gasteiger partial charge in [0.05, 0.1) is 25.9 Å². The van der Waals surface area contributed by atoms with Crippen LogP contribution in [-0.4, -0.2) is 34.2 Å². The van der Waals surface area contributed by atoms with E-state index in [4.69, 9.17) is 0 Å². The van der Waals surface area contributed by atoms with Gasteiger partial charge in [-0.1, -0.05) is 12.1 Å². The van der Waals surface area contributed by atoms with E-state index in [1.807, 2.05) is 17.5 Å². The van der Waals surface area contributed by atoms with Crippen molar-refractivity contribution in [3.63, 3.8) is 0 Å². The molecule has 194 valence electrons. The number of amides is 2. The van der Waals surface area contributed by atoms with Gasteiger partial charge in [-0.3, -0.25) is 14.6 Å². The van der Waals surface area contributed by atoms with Crippen LogP contribution in [0.15, 0.2) is 65.3 Å². The van der Waals surface area contributed by atoms with Gasteiger partial charge in [0.15, 0.2) is 0 Å². The van der Waals surface area contributed by atoms with Crippen molar-refractivity contribution in [1.29, 1.82) is 0 Å². The van der Waals surface area contributed by atoms with E-state index < -0.39 is 5.91 Å². The number of hydrazone groups is 1. The summed E-state index contributed by atoms with van der Waals surface area (Å²) >= 11 is 2.57. The van der Waals surface area contributed by atoms with Crippen LogP contribution in [-0.2, 0) is 19.3 Å². The first-order chi connectivity index (χ1) is 18.5. The first-order valence-corrected chi connectivity index (χ1v) is 14.2. The normalized spacial score (nSPS) is 13.1. The molecule has 9 heteroatoms. The number of nitrogens with zero attached hydrogens (tertiary/aromatic N) is 2. The SMILES string of the molecule is C/C(=N\NC(=O)c1ccc(C(=O)NCCc2ccncc2)s1)c1csc(-c2ccc3c(c2)CCCC3)c1O. The number of pyridine rings is 1. The highest BCUT2D eigenvalue weighted by Gasteiger charge is 2.18. The summed E-state index contributed by atoms with van der Waals surface area (Å²) in [6.07, 6.45) is 8.77. The second-order valence-electron chi connectivity index (χ2n) is 9.18. The Labute approximate surface area is 229 Å². The lowest BCUT2D eigenvalue weighted by Crippen LogP contribution is -2.24. The number of nitrogens with one attached hydrogen (secondary N) is 2. The molecule has 2 amide bonds. The number of thiophene rings is 2. The molecule has 1 aliphatic rings. The molecular formula is C29H28N4O3S2. The second-order valence-corrected chi connectivity index (χ2v) is 11.1. The molecule has 0 radical (unpaired) electrons. The number of carbonyl (C=O) groups is 2. The largest absolute Gasteiger partial charge is 0.506 e. The van der Waals surface area contributed by atoms with Gasteiger partial charge in [-0.05, 0) is 91.6 Å². The van der Waals surface area contributed by atoms with E-state index in [-0.39, 0.29) is 11.7 Å². The zero-order valence-electron chi connectivity index (χ0n) is 21.0. The van der Waals surface area contributed by atoms with E-state index in [9.17, 15) is 14.7 Å². The van der Waals surface area contributed by atoms with Crippen LogP contribution in [0.25, 0.3) is 10.4 Å². The maximum Gasteiger partial charge on any atom is 0.281 e. The molecule has 1 aromatic carbocycles. The van der Waals surface area contributed by atoms with Crippen molar-refractivity contribution in [2.75, 3.05) is 6.54 Å². The minimum absolute atomic E-state index is 0.170. The zero-order valence-corrected chi connectivity index (χ0v) is 22.6. The summed E-state index contributed by atoms with van der Waals surface area (Å²) in [5.74, 6) is -0.460. The molecule has 0 unspecified atom stereocenters. The van der Waals surface area contributed by atoms with Crippen molar-refractivity contribution in [1.82, 2.24) is 15.7 Å². The molecular weight excluding hydrogens is 516 g/mol. The van der Waals surface area contributed by atoms with Crippen LogP contribution in [0.5, 0.6) is 5.75 Å². The van der Waals surface area contributed by atoms with Gasteiger partial charge in [0, 0.05) is 24.3 Å². The molecule has 3 aromatic heterocycles. The molecule has 0 saturated carbocycles. The first kappa shape index (κ1) is 25.8. The number of aryl methyl sites for hydroxylation is 2. The highest BCUT2D eigenvalue weighted by Crippen LogP contribution is 2.40. The zero-order chi connectivity index (χ0) is 26.5. The number of aromatic nitrogens is 1. The topological polar surface area (TPSA) is 104 Å². The molecule has 0 fully saturated rings.